The lowest BCUT2D eigenvalue weighted by molar-refractivity contribution is 0.0204. The van der Waals surface area contributed by atoms with Crippen molar-refractivity contribution in [1.29, 1.82) is 0 Å². The third kappa shape index (κ3) is 5.38. The zero-order valence-corrected chi connectivity index (χ0v) is 16.2. The molecule has 0 bridgehead atoms. The van der Waals surface area contributed by atoms with Crippen LogP contribution in [0.4, 0.5) is 4.79 Å². The van der Waals surface area contributed by atoms with Crippen LogP contribution in [0.15, 0.2) is 18.2 Å². The Bertz CT molecular complexity index is 655. The number of piperidine rings is 1. The molecule has 0 radical (unpaired) electrons. The first-order valence-corrected chi connectivity index (χ1v) is 9.08. The second kappa shape index (κ2) is 7.98. The molecule has 1 fully saturated rings. The van der Waals surface area contributed by atoms with Crippen LogP contribution in [0.2, 0.25) is 0 Å². The van der Waals surface area contributed by atoms with Gasteiger partial charge in [0.2, 0.25) is 0 Å². The number of likely N-dealkylation sites (tertiary alicyclic amines) is 1. The fraction of sp³-hybridized carbons (Fsp3) is 0.600. The molecule has 0 spiro atoms. The molecule has 144 valence electrons. The summed E-state index contributed by atoms with van der Waals surface area (Å²) in [4.78, 5) is 25.2. The molecule has 1 aromatic carbocycles. The molecular formula is C20H29NO5. The molecule has 0 aliphatic carbocycles. The molecule has 0 saturated carbocycles. The van der Waals surface area contributed by atoms with E-state index in [0.717, 1.165) is 18.4 Å². The molecule has 1 aromatic rings. The normalized spacial score (nSPS) is 15.8. The molecule has 26 heavy (non-hydrogen) atoms. The van der Waals surface area contributed by atoms with Crippen molar-refractivity contribution in [3.63, 3.8) is 0 Å². The van der Waals surface area contributed by atoms with Crippen molar-refractivity contribution < 1.29 is 24.2 Å². The number of carbonyl (C=O) groups excluding carboxylic acids is 1. The molecule has 1 heterocycles. The van der Waals surface area contributed by atoms with E-state index in [4.69, 9.17) is 9.47 Å². The average Bonchev–Trinajstić information content (AvgIpc) is 2.52. The summed E-state index contributed by atoms with van der Waals surface area (Å²) in [5, 5.41) is 9.22. The number of hydrogen-bond donors (Lipinski definition) is 1. The van der Waals surface area contributed by atoms with E-state index >= 15 is 0 Å². The lowest BCUT2D eigenvalue weighted by atomic mass is 9.88. The highest BCUT2D eigenvalue weighted by Crippen LogP contribution is 2.35. The van der Waals surface area contributed by atoms with E-state index in [9.17, 15) is 14.7 Å². The minimum absolute atomic E-state index is 0.0420. The minimum atomic E-state index is -0.968. The first-order valence-electron chi connectivity index (χ1n) is 9.08. The number of carbonyl (C=O) groups is 2. The molecule has 1 aliphatic heterocycles. The number of amides is 1. The van der Waals surface area contributed by atoms with Crippen LogP contribution >= 0.6 is 0 Å². The predicted molar refractivity (Wildman–Crippen MR) is 98.9 cm³/mol. The zero-order valence-electron chi connectivity index (χ0n) is 16.2. The third-order valence-electron chi connectivity index (χ3n) is 4.21. The van der Waals surface area contributed by atoms with Crippen molar-refractivity contribution in [1.82, 2.24) is 4.90 Å². The summed E-state index contributed by atoms with van der Waals surface area (Å²) >= 11 is 0. The van der Waals surface area contributed by atoms with Gasteiger partial charge in [0.15, 0.2) is 0 Å². The Labute approximate surface area is 155 Å². The molecule has 2 rings (SSSR count). The van der Waals surface area contributed by atoms with Gasteiger partial charge in [0.1, 0.15) is 11.4 Å². The van der Waals surface area contributed by atoms with Gasteiger partial charge in [0.05, 0.1) is 11.7 Å². The molecule has 6 nitrogen and oxygen atoms in total. The second-order valence-corrected chi connectivity index (χ2v) is 7.97. The predicted octanol–water partition coefficient (Wildman–Crippen LogP) is 4.29. The van der Waals surface area contributed by atoms with E-state index < -0.39 is 11.6 Å². The van der Waals surface area contributed by atoms with Crippen molar-refractivity contribution in [2.45, 2.75) is 65.1 Å². The summed E-state index contributed by atoms with van der Waals surface area (Å²) < 4.78 is 11.3. The van der Waals surface area contributed by atoms with Gasteiger partial charge in [-0.2, -0.15) is 0 Å². The number of carboxylic acids is 1. The fourth-order valence-electron chi connectivity index (χ4n) is 3.06. The molecule has 1 aliphatic rings. The number of ether oxygens (including phenoxy) is 2. The van der Waals surface area contributed by atoms with Gasteiger partial charge >= 0.3 is 12.1 Å². The molecule has 0 atom stereocenters. The van der Waals surface area contributed by atoms with Gasteiger partial charge in [-0.3, -0.25) is 0 Å². The summed E-state index contributed by atoms with van der Waals surface area (Å²) in [6.07, 6.45) is 1.26. The van der Waals surface area contributed by atoms with Crippen LogP contribution in [-0.4, -0.2) is 46.9 Å². The monoisotopic (exact) mass is 363 g/mol. The molecule has 0 aromatic heterocycles. The average molecular weight is 363 g/mol. The summed E-state index contributed by atoms with van der Waals surface area (Å²) in [6.45, 7) is 10.6. The summed E-state index contributed by atoms with van der Waals surface area (Å²) in [5.41, 5.74) is 0.724. The van der Waals surface area contributed by atoms with Gasteiger partial charge in [-0.1, -0.05) is 6.07 Å². The number of benzene rings is 1. The Kier molecular flexibility index (Phi) is 6.16. The van der Waals surface area contributed by atoms with Gasteiger partial charge in [-0.25, -0.2) is 9.59 Å². The molecular weight excluding hydrogens is 334 g/mol. The largest absolute Gasteiger partial charge is 0.491 e. The van der Waals surface area contributed by atoms with Gasteiger partial charge < -0.3 is 19.5 Å². The lowest BCUT2D eigenvalue weighted by Crippen LogP contribution is -2.41. The van der Waals surface area contributed by atoms with Crippen LogP contribution in [0, 0.1) is 0 Å². The van der Waals surface area contributed by atoms with Crippen molar-refractivity contribution in [2.75, 3.05) is 13.1 Å². The SMILES string of the molecule is CC(C)Oc1cc(C(=O)O)ccc1C1CCN(C(=O)OC(C)(C)C)CC1. The van der Waals surface area contributed by atoms with Crippen molar-refractivity contribution in [3.8, 4) is 5.75 Å². The van der Waals surface area contributed by atoms with E-state index in [2.05, 4.69) is 0 Å². The summed E-state index contributed by atoms with van der Waals surface area (Å²) in [7, 11) is 0. The Morgan fingerprint density at radius 3 is 2.31 bits per heavy atom. The quantitative estimate of drug-likeness (QED) is 0.864. The maximum atomic E-state index is 12.2. The molecule has 1 amide bonds. The summed E-state index contributed by atoms with van der Waals surface area (Å²) in [5.74, 6) is -0.120. The number of carboxylic acid groups (broad SMARTS) is 1. The van der Waals surface area contributed by atoms with E-state index in [-0.39, 0.29) is 23.7 Å². The van der Waals surface area contributed by atoms with Crippen LogP contribution in [0.3, 0.4) is 0 Å². The van der Waals surface area contributed by atoms with Crippen LogP contribution in [0.1, 0.15) is 69.3 Å². The topological polar surface area (TPSA) is 76.1 Å². The van der Waals surface area contributed by atoms with Gasteiger partial charge in [-0.15, -0.1) is 0 Å². The van der Waals surface area contributed by atoms with Crippen LogP contribution in [0.25, 0.3) is 0 Å². The molecule has 6 heteroatoms. The Morgan fingerprint density at radius 1 is 1.19 bits per heavy atom. The maximum Gasteiger partial charge on any atom is 0.410 e. The third-order valence-corrected chi connectivity index (χ3v) is 4.21. The molecule has 1 saturated heterocycles. The standard InChI is InChI=1S/C20H29NO5/c1-13(2)25-17-12-15(18(22)23)6-7-16(17)14-8-10-21(11-9-14)19(24)26-20(3,4)5/h6-7,12-14H,8-11H2,1-5H3,(H,22,23). The van der Waals surface area contributed by atoms with Crippen molar-refractivity contribution in [2.24, 2.45) is 0 Å². The fourth-order valence-corrected chi connectivity index (χ4v) is 3.06. The first kappa shape index (κ1) is 20.1. The Hall–Kier alpha value is -2.24. The van der Waals surface area contributed by atoms with Gasteiger partial charge in [0, 0.05) is 13.1 Å². The molecule has 0 unspecified atom stereocenters. The van der Waals surface area contributed by atoms with Crippen molar-refractivity contribution in [3.05, 3.63) is 29.3 Å². The van der Waals surface area contributed by atoms with Crippen molar-refractivity contribution >= 4 is 12.1 Å². The van der Waals surface area contributed by atoms with E-state index in [0.29, 0.717) is 18.8 Å². The number of nitrogens with zero attached hydrogens (tertiary/aromatic N) is 1. The van der Waals surface area contributed by atoms with Crippen LogP contribution < -0.4 is 4.74 Å². The first-order chi connectivity index (χ1) is 12.1. The van der Waals surface area contributed by atoms with Crippen LogP contribution in [0.5, 0.6) is 5.75 Å². The van der Waals surface area contributed by atoms with Crippen LogP contribution in [-0.2, 0) is 4.74 Å². The summed E-state index contributed by atoms with van der Waals surface area (Å²) in [6, 6.07) is 5.05. The maximum absolute atomic E-state index is 12.2. The highest BCUT2D eigenvalue weighted by atomic mass is 16.6. The number of aromatic carboxylic acids is 1. The number of rotatable bonds is 4. The second-order valence-electron chi connectivity index (χ2n) is 7.97. The lowest BCUT2D eigenvalue weighted by Gasteiger charge is -2.34. The Balaban J connectivity index is 2.10. The van der Waals surface area contributed by atoms with E-state index in [1.54, 1.807) is 17.0 Å². The van der Waals surface area contributed by atoms with E-state index in [1.807, 2.05) is 40.7 Å². The highest BCUT2D eigenvalue weighted by Gasteiger charge is 2.29. The highest BCUT2D eigenvalue weighted by molar-refractivity contribution is 5.88. The van der Waals surface area contributed by atoms with Gasteiger partial charge in [0.25, 0.3) is 0 Å². The van der Waals surface area contributed by atoms with E-state index in [1.165, 1.54) is 0 Å². The zero-order chi connectivity index (χ0) is 19.5. The number of hydrogen-bond acceptors (Lipinski definition) is 4. The minimum Gasteiger partial charge on any atom is -0.491 e. The Morgan fingerprint density at radius 2 is 1.81 bits per heavy atom. The molecule has 1 N–H and O–H groups in total. The van der Waals surface area contributed by atoms with Gasteiger partial charge in [-0.05, 0) is 71.1 Å². The smallest absolute Gasteiger partial charge is 0.410 e.